The molecule has 2 aromatic carbocycles. The lowest BCUT2D eigenvalue weighted by molar-refractivity contribution is -0.150. The molecule has 4 heterocycles. The molecule has 1 aliphatic heterocycles. The van der Waals surface area contributed by atoms with E-state index in [-0.39, 0.29) is 34.3 Å². The number of benzene rings is 2. The summed E-state index contributed by atoms with van der Waals surface area (Å²) < 4.78 is 90.0. The Bertz CT molecular complexity index is 2410. The van der Waals surface area contributed by atoms with Crippen molar-refractivity contribution in [3.05, 3.63) is 67.0 Å². The highest BCUT2D eigenvalue weighted by Crippen LogP contribution is 2.55. The Balaban J connectivity index is 1.41. The number of nitrogens with zero attached hydrogens (tertiary/aromatic N) is 4. The highest BCUT2D eigenvalue weighted by molar-refractivity contribution is 7.52. The number of aromatic nitrogens is 4. The van der Waals surface area contributed by atoms with Gasteiger partial charge in [-0.05, 0) is 72.7 Å². The van der Waals surface area contributed by atoms with Crippen LogP contribution in [-0.4, -0.2) is 80.2 Å². The summed E-state index contributed by atoms with van der Waals surface area (Å²) in [6.45, 7) is 9.71. The Morgan fingerprint density at radius 1 is 0.883 bits per heavy atom. The van der Waals surface area contributed by atoms with Gasteiger partial charge >= 0.3 is 27.4 Å². The van der Waals surface area contributed by atoms with Crippen molar-refractivity contribution in [1.29, 1.82) is 0 Å². The van der Waals surface area contributed by atoms with Gasteiger partial charge in [-0.15, -0.1) is 11.3 Å². The van der Waals surface area contributed by atoms with Crippen LogP contribution in [0.15, 0.2) is 67.0 Å². The second-order valence-electron chi connectivity index (χ2n) is 14.5. The van der Waals surface area contributed by atoms with Crippen molar-refractivity contribution in [2.45, 2.75) is 96.9 Å². The molecule has 0 aliphatic carbocycles. The molecule has 19 nitrogen and oxygen atoms in total. The summed E-state index contributed by atoms with van der Waals surface area (Å²) in [6, 6.07) is 13.3. The maximum absolute atomic E-state index is 18.0. The second-order valence-corrected chi connectivity index (χ2v) is 18.9. The number of halogens is 1. The Hall–Kier alpha value is -4.72. The number of alkyl halides is 1. The van der Waals surface area contributed by atoms with Crippen molar-refractivity contribution in [2.24, 2.45) is 0 Å². The summed E-state index contributed by atoms with van der Waals surface area (Å²) in [5.74, 6) is -1.46. The molecule has 5 aromatic rings. The molecule has 0 spiro atoms. The molecule has 0 saturated carbocycles. The van der Waals surface area contributed by atoms with Crippen LogP contribution >= 0.6 is 26.8 Å². The average Bonchev–Trinajstić information content (AvgIpc) is 3.81. The van der Waals surface area contributed by atoms with Gasteiger partial charge in [0.15, 0.2) is 11.9 Å². The third-order valence-electron chi connectivity index (χ3n) is 8.74. The molecular formula is C37H47FN8O11P2S. The molecule has 0 bridgehead atoms. The molecule has 324 valence electrons. The molecule has 1 aliphatic rings. The van der Waals surface area contributed by atoms with Crippen LogP contribution in [0.1, 0.15) is 54.7 Å². The number of para-hydroxylation sites is 2. The fraction of sp³-hybridized carbons (Fsp3) is 0.432. The Morgan fingerprint density at radius 3 is 1.97 bits per heavy atom. The van der Waals surface area contributed by atoms with Crippen LogP contribution in [0.2, 0.25) is 0 Å². The van der Waals surface area contributed by atoms with Gasteiger partial charge in [-0.2, -0.15) is 15.2 Å². The first-order valence-electron chi connectivity index (χ1n) is 18.8. The molecule has 3 aromatic heterocycles. The maximum atomic E-state index is 18.0. The standard InChI is InChI=1S/C37H47FN8O11P2S/c1-20(2)52-33(47)22(5)44-58(49,55-24-14-10-8-11-15-24)51-18-26-30(57-59(50,56-25-16-12-9-13-17-25)45-23(6)34(48)53-21(3)4)37(7,38)35(54-26)46-19-41-32-28(46)27-29(60-32)31(39)43-36(40)42-27/h8-17,19-23,26,30,35H,18H2,1-7H3,(H,44,49)(H,45,50)(H4,39,40,42,43)/t22-,23-,26+,30-,35+,37?,58?,59+/m0/s1. The number of hydrogen-bond donors (Lipinski definition) is 4. The zero-order valence-electron chi connectivity index (χ0n) is 33.7. The Morgan fingerprint density at radius 2 is 1.42 bits per heavy atom. The van der Waals surface area contributed by atoms with E-state index in [4.69, 9.17) is 43.8 Å². The molecule has 2 unspecified atom stereocenters. The molecular weight excluding hydrogens is 845 g/mol. The predicted octanol–water partition coefficient (Wildman–Crippen LogP) is 6.47. The molecule has 6 rings (SSSR count). The number of thiophene rings is 1. The minimum atomic E-state index is -4.80. The third kappa shape index (κ3) is 10.2. The number of hydrogen-bond acceptors (Lipinski definition) is 17. The highest BCUT2D eigenvalue weighted by atomic mass is 32.1. The van der Waals surface area contributed by atoms with Crippen LogP contribution in [-0.2, 0) is 42.0 Å². The van der Waals surface area contributed by atoms with E-state index in [1.807, 2.05) is 0 Å². The van der Waals surface area contributed by atoms with E-state index >= 15 is 4.39 Å². The first kappa shape index (κ1) is 44.8. The van der Waals surface area contributed by atoms with Crippen molar-refractivity contribution in [3.8, 4) is 11.5 Å². The van der Waals surface area contributed by atoms with Gasteiger partial charge in [-0.1, -0.05) is 36.4 Å². The van der Waals surface area contributed by atoms with E-state index in [1.165, 1.54) is 49.0 Å². The second kappa shape index (κ2) is 18.1. The van der Waals surface area contributed by atoms with Crippen LogP contribution in [0.4, 0.5) is 16.2 Å². The molecule has 1 fully saturated rings. The lowest BCUT2D eigenvalue weighted by Crippen LogP contribution is -2.45. The van der Waals surface area contributed by atoms with Crippen LogP contribution in [0, 0.1) is 0 Å². The van der Waals surface area contributed by atoms with Gasteiger partial charge in [0.1, 0.15) is 57.5 Å². The van der Waals surface area contributed by atoms with Gasteiger partial charge in [-0.3, -0.25) is 23.2 Å². The average molecular weight is 893 g/mol. The van der Waals surface area contributed by atoms with Crippen molar-refractivity contribution < 1.29 is 55.4 Å². The van der Waals surface area contributed by atoms with Gasteiger partial charge in [0.25, 0.3) is 0 Å². The zero-order valence-corrected chi connectivity index (χ0v) is 36.3. The summed E-state index contributed by atoms with van der Waals surface area (Å²) in [5, 5.41) is 5.15. The zero-order chi connectivity index (χ0) is 43.6. The van der Waals surface area contributed by atoms with Gasteiger partial charge in [0, 0.05) is 0 Å². The van der Waals surface area contributed by atoms with Crippen molar-refractivity contribution >= 4 is 71.1 Å². The molecule has 1 saturated heterocycles. The van der Waals surface area contributed by atoms with Crippen LogP contribution in [0.3, 0.4) is 0 Å². The molecule has 60 heavy (non-hydrogen) atoms. The fourth-order valence-electron chi connectivity index (χ4n) is 6.15. The smallest absolute Gasteiger partial charge is 0.459 e. The van der Waals surface area contributed by atoms with E-state index in [0.29, 0.717) is 9.53 Å². The summed E-state index contributed by atoms with van der Waals surface area (Å²) in [6.07, 6.45) is -4.80. The number of imidazole rings is 1. The summed E-state index contributed by atoms with van der Waals surface area (Å²) in [4.78, 5) is 39.0. The van der Waals surface area contributed by atoms with E-state index < -0.39 is 82.4 Å². The largest absolute Gasteiger partial charge is 0.462 e. The van der Waals surface area contributed by atoms with Gasteiger partial charge in [-0.25, -0.2) is 23.5 Å². The Kier molecular flexibility index (Phi) is 13.5. The first-order chi connectivity index (χ1) is 28.3. The minimum Gasteiger partial charge on any atom is -0.462 e. The van der Waals surface area contributed by atoms with Gasteiger partial charge < -0.3 is 34.7 Å². The molecule has 0 amide bonds. The number of anilines is 2. The van der Waals surface area contributed by atoms with Crippen LogP contribution < -0.4 is 30.7 Å². The monoisotopic (exact) mass is 892 g/mol. The molecule has 8 atom stereocenters. The number of carbonyl (C=O) groups is 2. The summed E-state index contributed by atoms with van der Waals surface area (Å²) in [7, 11) is -9.37. The fourth-order valence-corrected chi connectivity index (χ4v) is 10.4. The van der Waals surface area contributed by atoms with E-state index in [9.17, 15) is 18.7 Å². The topological polar surface area (TPSA) is 253 Å². The summed E-state index contributed by atoms with van der Waals surface area (Å²) >= 11 is 1.14. The SMILES string of the molecule is CC(C)OC(=O)[C@H](C)NP(=O)(OC[C@H]1O[C@@H](n2cnc3sc4c(N)nc(N)nc4c32)C(C)(F)[C@H]1O[P@@](=O)(N[C@@H](C)C(=O)OC(C)C)Oc1ccccc1)Oc1ccccc1. The molecule has 23 heteroatoms. The third-order valence-corrected chi connectivity index (χ3v) is 13.1. The first-order valence-corrected chi connectivity index (χ1v) is 22.7. The van der Waals surface area contributed by atoms with Crippen molar-refractivity contribution in [3.63, 3.8) is 0 Å². The number of fused-ring (bicyclic) bond motifs is 3. The van der Waals surface area contributed by atoms with Gasteiger partial charge in [0.2, 0.25) is 5.95 Å². The van der Waals surface area contributed by atoms with E-state index in [2.05, 4.69) is 25.1 Å². The summed E-state index contributed by atoms with van der Waals surface area (Å²) in [5.41, 5.74) is 9.99. The van der Waals surface area contributed by atoms with Crippen molar-refractivity contribution in [1.82, 2.24) is 29.7 Å². The number of rotatable bonds is 18. The predicted molar refractivity (Wildman–Crippen MR) is 221 cm³/mol. The van der Waals surface area contributed by atoms with E-state index in [1.54, 1.807) is 64.1 Å². The number of esters is 2. The minimum absolute atomic E-state index is 0.0461. The quantitative estimate of drug-likeness (QED) is 0.0543. The lowest BCUT2D eigenvalue weighted by Gasteiger charge is -2.32. The number of nitrogens with two attached hydrogens (primary N) is 2. The normalized spacial score (nSPS) is 22.3. The maximum Gasteiger partial charge on any atom is 0.459 e. The Labute approximate surface area is 348 Å². The number of ether oxygens (including phenoxy) is 3. The molecule has 6 N–H and O–H groups in total. The highest BCUT2D eigenvalue weighted by Gasteiger charge is 2.60. The lowest BCUT2D eigenvalue weighted by atomic mass is 9.98. The number of nitrogen functional groups attached to an aromatic ring is 2. The molecule has 0 radical (unpaired) electrons. The van der Waals surface area contributed by atoms with Gasteiger partial charge in [0.05, 0.1) is 29.8 Å². The van der Waals surface area contributed by atoms with Crippen LogP contribution in [0.5, 0.6) is 11.5 Å². The van der Waals surface area contributed by atoms with Crippen molar-refractivity contribution in [2.75, 3.05) is 18.1 Å². The number of carbonyl (C=O) groups excluding carboxylic acids is 2. The number of nitrogens with one attached hydrogen (secondary N) is 2. The van der Waals surface area contributed by atoms with E-state index in [0.717, 1.165) is 18.3 Å². The van der Waals surface area contributed by atoms with Crippen LogP contribution in [0.25, 0.3) is 20.6 Å².